The summed E-state index contributed by atoms with van der Waals surface area (Å²) in [5.41, 5.74) is 0. The second kappa shape index (κ2) is 63.6. The van der Waals surface area contributed by atoms with Gasteiger partial charge in [0, 0.05) is 19.3 Å². The number of esters is 3. The maximum atomic E-state index is 12.8. The average molecular weight is 1060 g/mol. The smallest absolute Gasteiger partial charge is 0.306 e. The van der Waals surface area contributed by atoms with Gasteiger partial charge in [-0.05, 0) is 109 Å². The summed E-state index contributed by atoms with van der Waals surface area (Å²) >= 11 is 0. The zero-order valence-electron chi connectivity index (χ0n) is 49.7. The third-order valence-corrected chi connectivity index (χ3v) is 13.5. The van der Waals surface area contributed by atoms with Crippen LogP contribution in [0.1, 0.15) is 297 Å². The van der Waals surface area contributed by atoms with E-state index in [1.54, 1.807) is 0 Å². The van der Waals surface area contributed by atoms with Crippen molar-refractivity contribution in [3.8, 4) is 0 Å². The molecule has 0 aliphatic rings. The first-order chi connectivity index (χ1) is 37.5. The van der Waals surface area contributed by atoms with Crippen molar-refractivity contribution in [3.63, 3.8) is 0 Å². The summed E-state index contributed by atoms with van der Waals surface area (Å²) in [5.74, 6) is -0.905. The summed E-state index contributed by atoms with van der Waals surface area (Å²) in [4.78, 5) is 38.0. The minimum atomic E-state index is -0.784. The molecule has 0 saturated carbocycles. The molecule has 0 bridgehead atoms. The Morgan fingerprint density at radius 3 is 0.816 bits per heavy atom. The number of unbranched alkanes of at least 4 members (excludes halogenated alkanes) is 28. The molecular formula is C70H118O6. The molecule has 0 amide bonds. The fraction of sp³-hybridized carbons (Fsp3) is 0.700. The molecule has 0 fully saturated rings. The summed E-state index contributed by atoms with van der Waals surface area (Å²) in [7, 11) is 0. The van der Waals surface area contributed by atoms with Crippen molar-refractivity contribution in [2.24, 2.45) is 0 Å². The monoisotopic (exact) mass is 1050 g/mol. The minimum Gasteiger partial charge on any atom is -0.462 e. The molecule has 434 valence electrons. The highest BCUT2D eigenvalue weighted by Gasteiger charge is 2.19. The van der Waals surface area contributed by atoms with Crippen molar-refractivity contribution in [2.45, 2.75) is 303 Å². The molecule has 76 heavy (non-hydrogen) atoms. The quantitative estimate of drug-likeness (QED) is 0.0261. The van der Waals surface area contributed by atoms with Crippen LogP contribution in [0, 0.1) is 0 Å². The number of hydrogen-bond donors (Lipinski definition) is 0. The Bertz CT molecular complexity index is 1540. The lowest BCUT2D eigenvalue weighted by Gasteiger charge is -2.18. The molecule has 6 heteroatoms. The highest BCUT2D eigenvalue weighted by Crippen LogP contribution is 2.15. The maximum absolute atomic E-state index is 12.8. The van der Waals surface area contributed by atoms with Crippen molar-refractivity contribution in [1.29, 1.82) is 0 Å². The van der Waals surface area contributed by atoms with Gasteiger partial charge >= 0.3 is 17.9 Å². The summed E-state index contributed by atoms with van der Waals surface area (Å²) in [6.45, 7) is 6.47. The van der Waals surface area contributed by atoms with Crippen molar-refractivity contribution < 1.29 is 28.6 Å². The Morgan fingerprint density at radius 1 is 0.276 bits per heavy atom. The standard InChI is InChI=1S/C70H118O6/c1-4-7-10-13-16-18-20-22-24-26-28-30-31-32-33-34-35-36-37-38-39-41-42-44-46-48-50-52-54-57-60-63-69(72)75-66-67(65-74-68(71)62-59-56-15-12-9-6-3)76-70(73)64-61-58-55-53-51-49-47-45-43-40-29-27-25-23-21-19-17-14-11-8-5-2/h7,10,16,18,22,24,27-30,32-33,35-36,38-39,42,44,67H,4-6,8-9,11-15,17,19-21,23,25-26,31,34,37,40-41,43,45-66H2,1-3H3/b10-7-,18-16-,24-22-,29-27-,30-28-,33-32-,36-35-,39-38-,44-42-. The van der Waals surface area contributed by atoms with Gasteiger partial charge in [0.05, 0.1) is 0 Å². The second-order valence-electron chi connectivity index (χ2n) is 20.9. The maximum Gasteiger partial charge on any atom is 0.306 e. The number of hydrogen-bond acceptors (Lipinski definition) is 6. The second-order valence-corrected chi connectivity index (χ2v) is 20.9. The predicted octanol–water partition coefficient (Wildman–Crippen LogP) is 21.8. The van der Waals surface area contributed by atoms with Crippen LogP contribution in [-0.4, -0.2) is 37.2 Å². The van der Waals surface area contributed by atoms with Crippen molar-refractivity contribution in [2.75, 3.05) is 13.2 Å². The number of rotatable bonds is 57. The highest BCUT2D eigenvalue weighted by molar-refractivity contribution is 5.71. The molecule has 0 aliphatic heterocycles. The van der Waals surface area contributed by atoms with Crippen LogP contribution in [0.25, 0.3) is 0 Å². The lowest BCUT2D eigenvalue weighted by molar-refractivity contribution is -0.167. The SMILES string of the molecule is CC/C=C\C/C=C\C/C=C\C/C=C\C/C=C\C/C=C\C/C=C\C/C=C\CCCCCCCCC(=O)OCC(COC(=O)CCCCCCCC)OC(=O)CCCCCCCCCCC/C=C\CCCCCCCCCC. The van der Waals surface area contributed by atoms with E-state index >= 15 is 0 Å². The van der Waals surface area contributed by atoms with Crippen LogP contribution in [0.15, 0.2) is 109 Å². The Morgan fingerprint density at radius 2 is 0.513 bits per heavy atom. The van der Waals surface area contributed by atoms with E-state index in [-0.39, 0.29) is 31.1 Å². The van der Waals surface area contributed by atoms with Gasteiger partial charge in [-0.2, -0.15) is 0 Å². The third kappa shape index (κ3) is 60.9. The molecule has 0 aliphatic carbocycles. The summed E-state index contributed by atoms with van der Waals surface area (Å²) in [6, 6.07) is 0. The van der Waals surface area contributed by atoms with Gasteiger partial charge in [0.15, 0.2) is 6.10 Å². The topological polar surface area (TPSA) is 78.9 Å². The minimum absolute atomic E-state index is 0.0831. The van der Waals surface area contributed by atoms with Crippen LogP contribution in [0.2, 0.25) is 0 Å². The Hall–Kier alpha value is -3.93. The first kappa shape index (κ1) is 72.1. The van der Waals surface area contributed by atoms with E-state index in [4.69, 9.17) is 14.2 Å². The largest absolute Gasteiger partial charge is 0.462 e. The predicted molar refractivity (Wildman–Crippen MR) is 330 cm³/mol. The van der Waals surface area contributed by atoms with Crippen molar-refractivity contribution in [3.05, 3.63) is 109 Å². The molecule has 0 saturated heterocycles. The lowest BCUT2D eigenvalue weighted by Crippen LogP contribution is -2.30. The van der Waals surface area contributed by atoms with E-state index in [0.29, 0.717) is 19.3 Å². The number of allylic oxidation sites excluding steroid dienone is 18. The lowest BCUT2D eigenvalue weighted by atomic mass is 10.1. The van der Waals surface area contributed by atoms with Gasteiger partial charge in [0.25, 0.3) is 0 Å². The molecule has 0 aromatic rings. The number of carbonyl (C=O) groups is 3. The molecule has 1 unspecified atom stereocenters. The van der Waals surface area contributed by atoms with Gasteiger partial charge < -0.3 is 14.2 Å². The zero-order chi connectivity index (χ0) is 55.0. The normalized spacial score (nSPS) is 12.8. The van der Waals surface area contributed by atoms with Crippen LogP contribution in [0.3, 0.4) is 0 Å². The van der Waals surface area contributed by atoms with Crippen LogP contribution in [-0.2, 0) is 28.6 Å². The third-order valence-electron chi connectivity index (χ3n) is 13.5. The van der Waals surface area contributed by atoms with Gasteiger partial charge in [-0.25, -0.2) is 0 Å². The van der Waals surface area contributed by atoms with Gasteiger partial charge in [-0.15, -0.1) is 0 Å². The first-order valence-corrected chi connectivity index (χ1v) is 31.9. The van der Waals surface area contributed by atoms with Gasteiger partial charge in [-0.1, -0.05) is 278 Å². The summed E-state index contributed by atoms with van der Waals surface area (Å²) in [6.07, 6.45) is 87.0. The van der Waals surface area contributed by atoms with E-state index in [0.717, 1.165) is 122 Å². The molecule has 0 N–H and O–H groups in total. The molecule has 0 aromatic carbocycles. The number of ether oxygens (including phenoxy) is 3. The fourth-order valence-electron chi connectivity index (χ4n) is 8.75. The zero-order valence-corrected chi connectivity index (χ0v) is 49.7. The van der Waals surface area contributed by atoms with Gasteiger partial charge in [0.1, 0.15) is 13.2 Å². The molecule has 1 atom stereocenters. The molecule has 0 heterocycles. The van der Waals surface area contributed by atoms with Crippen LogP contribution < -0.4 is 0 Å². The molecular weight excluding hydrogens is 937 g/mol. The fourth-order valence-corrected chi connectivity index (χ4v) is 8.75. The van der Waals surface area contributed by atoms with Gasteiger partial charge in [0.2, 0.25) is 0 Å². The molecule has 0 rings (SSSR count). The van der Waals surface area contributed by atoms with Crippen LogP contribution in [0.4, 0.5) is 0 Å². The molecule has 6 nitrogen and oxygen atoms in total. The Kier molecular flexibility index (Phi) is 60.3. The van der Waals surface area contributed by atoms with Crippen LogP contribution >= 0.6 is 0 Å². The van der Waals surface area contributed by atoms with E-state index in [9.17, 15) is 14.4 Å². The molecule has 0 aromatic heterocycles. The van der Waals surface area contributed by atoms with Crippen molar-refractivity contribution in [1.82, 2.24) is 0 Å². The van der Waals surface area contributed by atoms with Gasteiger partial charge in [-0.3, -0.25) is 14.4 Å². The van der Waals surface area contributed by atoms with Crippen molar-refractivity contribution >= 4 is 17.9 Å². The molecule has 0 spiro atoms. The number of carbonyl (C=O) groups excluding carboxylic acids is 3. The average Bonchev–Trinajstić information content (AvgIpc) is 3.42. The molecule has 0 radical (unpaired) electrons. The van der Waals surface area contributed by atoms with E-state index in [1.807, 2.05) is 0 Å². The Balaban J connectivity index is 4.15. The summed E-state index contributed by atoms with van der Waals surface area (Å²) < 4.78 is 16.8. The van der Waals surface area contributed by atoms with E-state index < -0.39 is 6.10 Å². The Labute approximate surface area is 470 Å². The summed E-state index contributed by atoms with van der Waals surface area (Å²) in [5, 5.41) is 0. The first-order valence-electron chi connectivity index (χ1n) is 31.9. The van der Waals surface area contributed by atoms with E-state index in [1.165, 1.54) is 135 Å². The van der Waals surface area contributed by atoms with Crippen LogP contribution in [0.5, 0.6) is 0 Å². The highest BCUT2D eigenvalue weighted by atomic mass is 16.6. The van der Waals surface area contributed by atoms with E-state index in [2.05, 4.69) is 130 Å².